The Morgan fingerprint density at radius 2 is 1.93 bits per heavy atom. The highest BCUT2D eigenvalue weighted by molar-refractivity contribution is 5.94. The van der Waals surface area contributed by atoms with E-state index < -0.39 is 23.2 Å². The third-order valence-corrected chi connectivity index (χ3v) is 8.55. The van der Waals surface area contributed by atoms with Crippen LogP contribution in [0.4, 0.5) is 14.6 Å². The molecule has 2 N–H and O–H groups in total. The molecule has 9 heteroatoms. The Bertz CT molecular complexity index is 1390. The minimum Gasteiger partial charge on any atom is -0.340 e. The largest absolute Gasteiger partial charge is 0.340 e. The molecule has 41 heavy (non-hydrogen) atoms. The first-order valence-electron chi connectivity index (χ1n) is 14.6. The Hall–Kier alpha value is -3.59. The van der Waals surface area contributed by atoms with Gasteiger partial charge in [-0.3, -0.25) is 9.59 Å². The molecule has 3 atom stereocenters. The van der Waals surface area contributed by atoms with Crippen LogP contribution >= 0.6 is 0 Å². The molecule has 2 aromatic carbocycles. The molecule has 2 amide bonds. The van der Waals surface area contributed by atoms with Crippen LogP contribution in [0.25, 0.3) is 0 Å². The Kier molecular flexibility index (Phi) is 8.54. The second kappa shape index (κ2) is 12.1. The molecule has 0 spiro atoms. The maximum atomic E-state index is 14.4. The third kappa shape index (κ3) is 6.35. The number of nitrogens with one attached hydrogen (secondary N) is 2. The van der Waals surface area contributed by atoms with Crippen LogP contribution in [-0.4, -0.2) is 51.4 Å². The van der Waals surface area contributed by atoms with Crippen LogP contribution < -0.4 is 10.6 Å². The molecule has 2 aliphatic rings. The number of nitrogens with zero attached hydrogens (tertiary/aromatic N) is 3. The zero-order chi connectivity index (χ0) is 29.1. The maximum absolute atomic E-state index is 14.4. The minimum absolute atomic E-state index is 0.0152. The predicted octanol–water partition coefficient (Wildman–Crippen LogP) is 5.17. The van der Waals surface area contributed by atoms with E-state index in [0.717, 1.165) is 18.9 Å². The molecule has 1 saturated heterocycles. The fraction of sp³-hybridized carbons (Fsp3) is 0.469. The average molecular weight is 564 g/mol. The summed E-state index contributed by atoms with van der Waals surface area (Å²) < 4.78 is 29.8. The molecular weight excluding hydrogens is 524 g/mol. The molecule has 0 bridgehead atoms. The standard InChI is InChI=1S/C32H39F2N5O2/c1-4-8-28(36-25-12-11-22-15-24(33)16-27(34)26(22)17-25)30(40)37-29-19-39(20-35-29)32(2,3)31(41)38-14-13-23(18-38)21-9-6-5-7-10-21/h5-7,9-10,15-16,19-20,23,25,28,36H,4,8,11-14,17-18H2,1-3H3,(H,37,40)/t23?,25-,28-/m0/s1. The van der Waals surface area contributed by atoms with E-state index in [1.807, 2.05) is 43.9 Å². The molecule has 0 saturated carbocycles. The summed E-state index contributed by atoms with van der Waals surface area (Å²) in [6.45, 7) is 7.12. The number of rotatable bonds is 9. The van der Waals surface area contributed by atoms with E-state index in [9.17, 15) is 18.4 Å². The number of halogens is 2. The van der Waals surface area contributed by atoms with Gasteiger partial charge in [0.05, 0.1) is 12.4 Å². The molecule has 5 rings (SSSR count). The fourth-order valence-electron chi connectivity index (χ4n) is 6.14. The molecule has 218 valence electrons. The van der Waals surface area contributed by atoms with E-state index in [1.165, 1.54) is 11.6 Å². The second-order valence-corrected chi connectivity index (χ2v) is 11.8. The van der Waals surface area contributed by atoms with Gasteiger partial charge < -0.3 is 20.1 Å². The number of aryl methyl sites for hydroxylation is 1. The van der Waals surface area contributed by atoms with Crippen molar-refractivity contribution in [1.82, 2.24) is 19.8 Å². The van der Waals surface area contributed by atoms with Crippen LogP contribution in [-0.2, 0) is 28.0 Å². The van der Waals surface area contributed by atoms with Gasteiger partial charge in [-0.25, -0.2) is 13.8 Å². The van der Waals surface area contributed by atoms with Crippen molar-refractivity contribution in [3.63, 3.8) is 0 Å². The van der Waals surface area contributed by atoms with Crippen LogP contribution in [0, 0.1) is 11.6 Å². The predicted molar refractivity (Wildman–Crippen MR) is 155 cm³/mol. The van der Waals surface area contributed by atoms with Crippen LogP contribution in [0.1, 0.15) is 69.1 Å². The highest BCUT2D eigenvalue weighted by atomic mass is 19.1. The number of likely N-dealkylation sites (tertiary alicyclic amines) is 1. The van der Waals surface area contributed by atoms with Crippen molar-refractivity contribution in [2.75, 3.05) is 18.4 Å². The van der Waals surface area contributed by atoms with Gasteiger partial charge in [0.15, 0.2) is 5.82 Å². The number of benzene rings is 2. The summed E-state index contributed by atoms with van der Waals surface area (Å²) in [6.07, 6.45) is 7.24. The van der Waals surface area contributed by atoms with Crippen molar-refractivity contribution in [2.24, 2.45) is 0 Å². The zero-order valence-electron chi connectivity index (χ0n) is 24.0. The lowest BCUT2D eigenvalue weighted by atomic mass is 9.87. The topological polar surface area (TPSA) is 79.3 Å². The van der Waals surface area contributed by atoms with Crippen molar-refractivity contribution in [3.8, 4) is 0 Å². The second-order valence-electron chi connectivity index (χ2n) is 11.8. The zero-order valence-corrected chi connectivity index (χ0v) is 24.0. The molecule has 1 aromatic heterocycles. The average Bonchev–Trinajstić information content (AvgIpc) is 3.64. The number of hydrogen-bond donors (Lipinski definition) is 2. The lowest BCUT2D eigenvalue weighted by Crippen LogP contribution is -2.48. The van der Waals surface area contributed by atoms with E-state index in [-0.39, 0.29) is 17.9 Å². The third-order valence-electron chi connectivity index (χ3n) is 8.55. The molecule has 1 unspecified atom stereocenters. The summed E-state index contributed by atoms with van der Waals surface area (Å²) in [7, 11) is 0. The van der Waals surface area contributed by atoms with Gasteiger partial charge in [0.1, 0.15) is 17.2 Å². The number of imidazole rings is 1. The van der Waals surface area contributed by atoms with Crippen molar-refractivity contribution in [2.45, 2.75) is 82.8 Å². The molecular formula is C32H39F2N5O2. The molecule has 1 aliphatic carbocycles. The first kappa shape index (κ1) is 28.9. The van der Waals surface area contributed by atoms with Crippen LogP contribution in [0.3, 0.4) is 0 Å². The van der Waals surface area contributed by atoms with Gasteiger partial charge in [-0.15, -0.1) is 0 Å². The first-order chi connectivity index (χ1) is 19.7. The van der Waals surface area contributed by atoms with E-state index in [0.29, 0.717) is 61.6 Å². The van der Waals surface area contributed by atoms with Gasteiger partial charge in [-0.2, -0.15) is 0 Å². The smallest absolute Gasteiger partial charge is 0.248 e. The maximum Gasteiger partial charge on any atom is 0.248 e. The molecule has 7 nitrogen and oxygen atoms in total. The Morgan fingerprint density at radius 1 is 1.15 bits per heavy atom. The Morgan fingerprint density at radius 3 is 2.68 bits per heavy atom. The van der Waals surface area contributed by atoms with Crippen molar-refractivity contribution in [1.29, 1.82) is 0 Å². The molecule has 1 fully saturated rings. The summed E-state index contributed by atoms with van der Waals surface area (Å²) in [5.41, 5.74) is 1.59. The lowest BCUT2D eigenvalue weighted by molar-refractivity contribution is -0.138. The number of carbonyl (C=O) groups excluding carboxylic acids is 2. The number of aromatic nitrogens is 2. The summed E-state index contributed by atoms with van der Waals surface area (Å²) >= 11 is 0. The minimum atomic E-state index is -0.873. The van der Waals surface area contributed by atoms with E-state index in [4.69, 9.17) is 0 Å². The van der Waals surface area contributed by atoms with Crippen molar-refractivity contribution >= 4 is 17.6 Å². The number of carbonyl (C=O) groups is 2. The van der Waals surface area contributed by atoms with E-state index in [2.05, 4.69) is 27.8 Å². The fourth-order valence-corrected chi connectivity index (χ4v) is 6.14. The molecule has 2 heterocycles. The number of hydrogen-bond acceptors (Lipinski definition) is 4. The SMILES string of the molecule is CCC[C@H](N[C@H]1CCc2cc(F)cc(F)c2C1)C(=O)Nc1cn(C(C)(C)C(=O)N2CCC(c3ccccc3)C2)cn1. The summed E-state index contributed by atoms with van der Waals surface area (Å²) in [5.74, 6) is -0.602. The molecule has 1 aliphatic heterocycles. The number of anilines is 1. The summed E-state index contributed by atoms with van der Waals surface area (Å²) in [5, 5.41) is 6.30. The quantitative estimate of drug-likeness (QED) is 0.377. The van der Waals surface area contributed by atoms with E-state index >= 15 is 0 Å². The van der Waals surface area contributed by atoms with Gasteiger partial charge in [0, 0.05) is 37.3 Å². The Labute approximate surface area is 240 Å². The lowest BCUT2D eigenvalue weighted by Gasteiger charge is -2.30. The normalized spacial score (nSPS) is 19.6. The van der Waals surface area contributed by atoms with Gasteiger partial charge in [-0.1, -0.05) is 43.7 Å². The van der Waals surface area contributed by atoms with Crippen molar-refractivity contribution < 1.29 is 18.4 Å². The summed E-state index contributed by atoms with van der Waals surface area (Å²) in [6, 6.07) is 12.0. The van der Waals surface area contributed by atoms with E-state index in [1.54, 1.807) is 17.1 Å². The van der Waals surface area contributed by atoms with Crippen LogP contribution in [0.15, 0.2) is 55.0 Å². The van der Waals surface area contributed by atoms with Crippen LogP contribution in [0.2, 0.25) is 0 Å². The van der Waals surface area contributed by atoms with Crippen LogP contribution in [0.5, 0.6) is 0 Å². The van der Waals surface area contributed by atoms with Gasteiger partial charge >= 0.3 is 0 Å². The van der Waals surface area contributed by atoms with Crippen molar-refractivity contribution in [3.05, 3.63) is 83.3 Å². The highest BCUT2D eigenvalue weighted by Crippen LogP contribution is 2.31. The summed E-state index contributed by atoms with van der Waals surface area (Å²) in [4.78, 5) is 33.1. The first-order valence-corrected chi connectivity index (χ1v) is 14.6. The molecule has 3 aromatic rings. The highest BCUT2D eigenvalue weighted by Gasteiger charge is 2.38. The Balaban J connectivity index is 1.21. The number of fused-ring (bicyclic) bond motifs is 1. The van der Waals surface area contributed by atoms with Gasteiger partial charge in [-0.05, 0) is 68.7 Å². The van der Waals surface area contributed by atoms with Gasteiger partial charge in [0.2, 0.25) is 11.8 Å². The number of amides is 2. The monoisotopic (exact) mass is 563 g/mol. The van der Waals surface area contributed by atoms with Gasteiger partial charge in [0.25, 0.3) is 0 Å². The molecule has 0 radical (unpaired) electrons.